The number of rotatable bonds is 10. The first-order chi connectivity index (χ1) is 19.7. The number of hydrogen-bond donors (Lipinski definition) is 1. The van der Waals surface area contributed by atoms with Crippen LogP contribution in [-0.4, -0.2) is 41.8 Å². The van der Waals surface area contributed by atoms with E-state index < -0.39 is 40.9 Å². The van der Waals surface area contributed by atoms with Gasteiger partial charge in [-0.25, -0.2) is 4.79 Å². The van der Waals surface area contributed by atoms with Crippen molar-refractivity contribution in [1.82, 2.24) is 4.90 Å². The minimum atomic E-state index is -4.81. The summed E-state index contributed by atoms with van der Waals surface area (Å²) in [4.78, 5) is 16.1. The molecule has 0 aromatic heterocycles. The smallest absolute Gasteiger partial charge is 0.416 e. The van der Waals surface area contributed by atoms with Crippen LogP contribution in [0.15, 0.2) is 54.3 Å². The normalized spacial score (nSPS) is 24.9. The molecule has 0 spiro atoms. The van der Waals surface area contributed by atoms with Gasteiger partial charge in [0.25, 0.3) is 0 Å². The fourth-order valence-corrected chi connectivity index (χ4v) is 6.02. The molecule has 234 valence electrons. The van der Waals surface area contributed by atoms with Crippen LogP contribution in [0.4, 0.5) is 30.9 Å². The molecule has 5 atom stereocenters. The third kappa shape index (κ3) is 8.37. The van der Waals surface area contributed by atoms with Crippen LogP contribution in [0.3, 0.4) is 0 Å². The van der Waals surface area contributed by atoms with E-state index in [0.717, 1.165) is 5.57 Å². The molecule has 1 N–H and O–H groups in total. The molecule has 5 unspecified atom stereocenters. The van der Waals surface area contributed by atoms with Crippen LogP contribution < -0.4 is 0 Å². The van der Waals surface area contributed by atoms with Gasteiger partial charge in [0.15, 0.2) is 0 Å². The van der Waals surface area contributed by atoms with E-state index in [1.807, 2.05) is 19.1 Å². The summed E-state index contributed by atoms with van der Waals surface area (Å²) >= 11 is 0. The molecule has 2 aliphatic heterocycles. The highest BCUT2D eigenvalue weighted by Gasteiger charge is 2.43. The van der Waals surface area contributed by atoms with E-state index in [0.29, 0.717) is 56.2 Å². The Morgan fingerprint density at radius 1 is 1.21 bits per heavy atom. The number of alkyl halides is 6. The van der Waals surface area contributed by atoms with E-state index in [2.05, 4.69) is 11.5 Å². The van der Waals surface area contributed by atoms with Crippen LogP contribution in [0.5, 0.6) is 0 Å². The summed E-state index contributed by atoms with van der Waals surface area (Å²) in [7, 11) is 0. The number of carbonyl (C=O) groups excluding carboxylic acids is 1. The second-order valence-electron chi connectivity index (χ2n) is 11.1. The summed E-state index contributed by atoms with van der Waals surface area (Å²) in [5.74, 6) is -1.62. The van der Waals surface area contributed by atoms with E-state index >= 15 is 0 Å². The highest BCUT2D eigenvalue weighted by molar-refractivity contribution is 5.71. The Labute approximate surface area is 240 Å². The molecule has 12 heteroatoms. The zero-order chi connectivity index (χ0) is 31.2. The zero-order valence-electron chi connectivity index (χ0n) is 23.5. The van der Waals surface area contributed by atoms with Crippen molar-refractivity contribution >= 4 is 5.97 Å². The van der Waals surface area contributed by atoms with Crippen molar-refractivity contribution in [3.63, 3.8) is 0 Å². The van der Waals surface area contributed by atoms with Crippen LogP contribution in [0.25, 0.3) is 0 Å². The first kappa shape index (κ1) is 33.6. The molecule has 1 aromatic carbocycles. The first-order valence-corrected chi connectivity index (χ1v) is 13.8. The van der Waals surface area contributed by atoms with Crippen LogP contribution in [0.2, 0.25) is 0 Å². The van der Waals surface area contributed by atoms with E-state index in [4.69, 9.17) is 4.74 Å². The third-order valence-electron chi connectivity index (χ3n) is 8.08. The molecule has 0 radical (unpaired) electrons. The molecule has 3 rings (SSSR count). The number of aliphatic hydroxyl groups is 1. The van der Waals surface area contributed by atoms with E-state index in [1.54, 1.807) is 17.9 Å². The topological polar surface area (TPSA) is 59.0 Å². The SMILES string of the molecule is C=CC1=C(/C=C\CCC(C)C(=O)OF)CCC(C2C(C)CN(Cc3cc(C(F)(F)F)ccc3C(F)(F)F)CC2CO)O1. The largest absolute Gasteiger partial charge is 0.490 e. The summed E-state index contributed by atoms with van der Waals surface area (Å²) in [6.45, 7) is 7.19. The average Bonchev–Trinajstić information content (AvgIpc) is 2.93. The summed E-state index contributed by atoms with van der Waals surface area (Å²) < 4.78 is 99.0. The van der Waals surface area contributed by atoms with Gasteiger partial charge in [-0.1, -0.05) is 32.6 Å². The third-order valence-corrected chi connectivity index (χ3v) is 8.08. The van der Waals surface area contributed by atoms with Crippen molar-refractivity contribution in [3.05, 3.63) is 71.0 Å². The van der Waals surface area contributed by atoms with Crippen LogP contribution in [-0.2, 0) is 33.4 Å². The maximum absolute atomic E-state index is 13.6. The Kier molecular flexibility index (Phi) is 11.3. The number of carbonyl (C=O) groups is 1. The number of aliphatic hydroxyl groups excluding tert-OH is 1. The fraction of sp³-hybridized carbons (Fsp3) is 0.567. The van der Waals surface area contributed by atoms with Crippen LogP contribution in [0, 0.1) is 23.7 Å². The lowest BCUT2D eigenvalue weighted by molar-refractivity contribution is -0.188. The number of ether oxygens (including phenoxy) is 1. The quantitative estimate of drug-likeness (QED) is 0.281. The van der Waals surface area contributed by atoms with Gasteiger partial charge in [-0.3, -0.25) is 9.84 Å². The van der Waals surface area contributed by atoms with Crippen molar-refractivity contribution in [1.29, 1.82) is 0 Å². The lowest BCUT2D eigenvalue weighted by Gasteiger charge is -2.46. The lowest BCUT2D eigenvalue weighted by atomic mass is 9.73. The molecule has 42 heavy (non-hydrogen) atoms. The van der Waals surface area contributed by atoms with Crippen LogP contribution >= 0.6 is 0 Å². The van der Waals surface area contributed by atoms with Crippen molar-refractivity contribution in [2.24, 2.45) is 23.7 Å². The van der Waals surface area contributed by atoms with E-state index in [1.165, 1.54) is 0 Å². The minimum Gasteiger partial charge on any atom is -0.490 e. The molecule has 0 saturated carbocycles. The molecule has 0 bridgehead atoms. The Morgan fingerprint density at radius 3 is 2.52 bits per heavy atom. The van der Waals surface area contributed by atoms with Gasteiger partial charge >= 0.3 is 18.3 Å². The minimum absolute atomic E-state index is 0.138. The van der Waals surface area contributed by atoms with Gasteiger partial charge < -0.3 is 9.84 Å². The van der Waals surface area contributed by atoms with Gasteiger partial charge in [0, 0.05) is 42.6 Å². The number of benzene rings is 1. The molecule has 5 nitrogen and oxygen atoms in total. The second-order valence-corrected chi connectivity index (χ2v) is 11.1. The molecule has 0 amide bonds. The molecule has 0 aliphatic carbocycles. The van der Waals surface area contributed by atoms with Crippen molar-refractivity contribution in [2.75, 3.05) is 19.7 Å². The van der Waals surface area contributed by atoms with Gasteiger partial charge in [0.05, 0.1) is 17.0 Å². The summed E-state index contributed by atoms with van der Waals surface area (Å²) in [5.41, 5.74) is -1.83. The Hall–Kier alpha value is -2.86. The Balaban J connectivity index is 1.72. The number of halogens is 7. The number of nitrogens with zero attached hydrogens (tertiary/aromatic N) is 1. The lowest BCUT2D eigenvalue weighted by Crippen LogP contribution is -2.51. The molecule has 2 heterocycles. The summed E-state index contributed by atoms with van der Waals surface area (Å²) in [5, 5.41) is 10.2. The molecule has 1 aromatic rings. The van der Waals surface area contributed by atoms with Gasteiger partial charge in [0.1, 0.15) is 11.9 Å². The maximum atomic E-state index is 13.6. The Bertz CT molecular complexity index is 1160. The van der Waals surface area contributed by atoms with Gasteiger partial charge in [-0.15, -0.1) is 0 Å². The number of likely N-dealkylation sites (tertiary alicyclic amines) is 1. The number of hydrogen-bond acceptors (Lipinski definition) is 5. The summed E-state index contributed by atoms with van der Waals surface area (Å²) in [6, 6.07) is 1.47. The molecule has 1 saturated heterocycles. The highest BCUT2D eigenvalue weighted by atomic mass is 19.4. The summed E-state index contributed by atoms with van der Waals surface area (Å²) in [6.07, 6.45) is -2.44. The van der Waals surface area contributed by atoms with Crippen molar-refractivity contribution in [2.45, 2.75) is 64.5 Å². The second kappa shape index (κ2) is 14.1. The molecular formula is C30H36F7NO4. The maximum Gasteiger partial charge on any atom is 0.416 e. The Morgan fingerprint density at radius 2 is 1.93 bits per heavy atom. The van der Waals surface area contributed by atoms with E-state index in [-0.39, 0.29) is 43.6 Å². The van der Waals surface area contributed by atoms with Crippen LogP contribution in [0.1, 0.15) is 56.2 Å². The molecule has 2 aliphatic rings. The standard InChI is InChI=1S/C30H36F7NO4/c1-4-25-20(8-6-5-7-18(2)28(40)42-37)9-12-26(41-25)27-19(3)14-38(16-22(27)17-39)15-21-13-23(29(31,32)33)10-11-24(21)30(34,35)36/h4,6,8,10-11,13,18-19,22,26-27,39H,1,5,7,9,12,14-17H2,2-3H3/b8-6-. The zero-order valence-corrected chi connectivity index (χ0v) is 23.5. The van der Waals surface area contributed by atoms with Crippen molar-refractivity contribution < 1.29 is 50.4 Å². The van der Waals surface area contributed by atoms with E-state index in [9.17, 15) is 40.8 Å². The average molecular weight is 608 g/mol. The fourth-order valence-electron chi connectivity index (χ4n) is 6.02. The molecular weight excluding hydrogens is 571 g/mol. The first-order valence-electron chi connectivity index (χ1n) is 13.8. The van der Waals surface area contributed by atoms with Crippen molar-refractivity contribution in [3.8, 4) is 0 Å². The highest BCUT2D eigenvalue weighted by Crippen LogP contribution is 2.41. The predicted octanol–water partition coefficient (Wildman–Crippen LogP) is 7.42. The van der Waals surface area contributed by atoms with Gasteiger partial charge in [0.2, 0.25) is 0 Å². The molecule has 1 fully saturated rings. The number of piperidine rings is 1. The van der Waals surface area contributed by atoms with Gasteiger partial charge in [-0.05, 0) is 67.0 Å². The monoisotopic (exact) mass is 607 g/mol. The predicted molar refractivity (Wildman–Crippen MR) is 141 cm³/mol. The number of allylic oxidation sites excluding steroid dienone is 4. The van der Waals surface area contributed by atoms with Gasteiger partial charge in [-0.2, -0.15) is 26.3 Å².